The molecule has 1 aliphatic carbocycles. The monoisotopic (exact) mass is 624 g/mol. The van der Waals surface area contributed by atoms with E-state index in [4.69, 9.17) is 15.6 Å². The molecule has 0 radical (unpaired) electrons. The number of benzene rings is 3. The first-order valence-corrected chi connectivity index (χ1v) is 14.3. The highest BCUT2D eigenvalue weighted by molar-refractivity contribution is 9.10. The van der Waals surface area contributed by atoms with E-state index < -0.39 is 17.5 Å². The Balaban J connectivity index is 0.000000226. The van der Waals surface area contributed by atoms with Crippen LogP contribution in [0.2, 0.25) is 0 Å². The van der Waals surface area contributed by atoms with Crippen molar-refractivity contribution in [3.05, 3.63) is 99.5 Å². The fourth-order valence-electron chi connectivity index (χ4n) is 4.88. The summed E-state index contributed by atoms with van der Waals surface area (Å²) in [6, 6.07) is 21.3. The number of esters is 1. The minimum Gasteiger partial charge on any atom is -0.481 e. The van der Waals surface area contributed by atoms with E-state index >= 15 is 0 Å². The van der Waals surface area contributed by atoms with Crippen LogP contribution in [0.3, 0.4) is 0 Å². The van der Waals surface area contributed by atoms with Crippen molar-refractivity contribution < 1.29 is 29.3 Å². The molecule has 4 rings (SSSR count). The molecule has 3 aromatic carbocycles. The third-order valence-electron chi connectivity index (χ3n) is 7.05. The van der Waals surface area contributed by atoms with Crippen LogP contribution in [0.1, 0.15) is 58.6 Å². The number of carboxylic acids is 1. The van der Waals surface area contributed by atoms with Gasteiger partial charge in [-0.05, 0) is 68.4 Å². The fraction of sp³-hybridized carbons (Fsp3) is 0.344. The van der Waals surface area contributed by atoms with E-state index in [0.29, 0.717) is 42.7 Å². The minimum absolute atomic E-state index is 0.201. The van der Waals surface area contributed by atoms with Crippen molar-refractivity contribution in [2.45, 2.75) is 43.6 Å². The molecule has 3 aromatic rings. The molecule has 8 nitrogen and oxygen atoms in total. The second-order valence-electron chi connectivity index (χ2n) is 10.4. The maximum Gasteiger partial charge on any atom is 0.316 e. The van der Waals surface area contributed by atoms with Crippen LogP contribution in [0.5, 0.6) is 0 Å². The molecule has 0 aliphatic heterocycles. The Kier molecular flexibility index (Phi) is 11.6. The maximum absolute atomic E-state index is 12.5. The molecule has 1 saturated carbocycles. The normalized spacial score (nSPS) is 14.6. The number of aliphatic hydroxyl groups is 1. The Morgan fingerprint density at radius 3 is 2.20 bits per heavy atom. The number of halogens is 1. The number of ether oxygens (including phenoxy) is 1. The number of hydrogen-bond acceptors (Lipinski definition) is 7. The summed E-state index contributed by atoms with van der Waals surface area (Å²) in [5, 5.41) is 19.7. The second-order valence-corrected chi connectivity index (χ2v) is 11.3. The molecule has 0 bridgehead atoms. The Morgan fingerprint density at radius 2 is 1.61 bits per heavy atom. The van der Waals surface area contributed by atoms with E-state index in [1.807, 2.05) is 49.3 Å². The van der Waals surface area contributed by atoms with E-state index in [1.54, 1.807) is 42.5 Å². The number of nitrogens with two attached hydrogens (primary N) is 1. The first-order valence-electron chi connectivity index (χ1n) is 13.5. The van der Waals surface area contributed by atoms with Gasteiger partial charge in [-0.15, -0.1) is 0 Å². The largest absolute Gasteiger partial charge is 0.481 e. The Bertz CT molecular complexity index is 1320. The van der Waals surface area contributed by atoms with E-state index in [1.165, 1.54) is 0 Å². The number of ketones is 1. The van der Waals surface area contributed by atoms with E-state index in [9.17, 15) is 19.5 Å². The second kappa shape index (κ2) is 14.9. The first kappa shape index (κ1) is 32.0. The molecule has 218 valence electrons. The van der Waals surface area contributed by atoms with Crippen LogP contribution in [0.4, 0.5) is 5.69 Å². The zero-order chi connectivity index (χ0) is 30.0. The SMILES string of the molecule is CN(C)CCOC(=O)C(c1ccccc1)C1(O)CCCC1.Nc1c(CC(=O)O)cccc1C(=O)c1ccc(Br)cc1. The molecule has 9 heteroatoms. The lowest BCUT2D eigenvalue weighted by atomic mass is 9.81. The zero-order valence-electron chi connectivity index (χ0n) is 23.4. The highest BCUT2D eigenvalue weighted by Crippen LogP contribution is 2.42. The molecular formula is C32H37BrN2O6. The van der Waals surface area contributed by atoms with Crippen LogP contribution in [0.15, 0.2) is 77.3 Å². The summed E-state index contributed by atoms with van der Waals surface area (Å²) in [5.41, 5.74) is 7.29. The first-order chi connectivity index (χ1) is 19.5. The number of rotatable bonds is 10. The number of nitrogen functional groups attached to an aromatic ring is 1. The van der Waals surface area contributed by atoms with Crippen molar-refractivity contribution in [2.24, 2.45) is 0 Å². The van der Waals surface area contributed by atoms with Crippen LogP contribution in [-0.4, -0.2) is 65.7 Å². The number of nitrogens with zero attached hydrogens (tertiary/aromatic N) is 1. The standard InChI is InChI=1S/C17H25NO3.C15H12BrNO3/c1-18(2)12-13-21-16(19)15(14-8-4-3-5-9-14)17(20)10-6-7-11-17;16-11-6-4-9(5-7-11)15(20)12-3-1-2-10(14(12)17)8-13(18)19/h3-5,8-9,15,20H,6-7,10-13H2,1-2H3;1-7H,8,17H2,(H,18,19). The van der Waals surface area contributed by atoms with Gasteiger partial charge in [-0.2, -0.15) is 0 Å². The predicted octanol–water partition coefficient (Wildman–Crippen LogP) is 5.07. The minimum atomic E-state index is -0.982. The molecule has 0 aromatic heterocycles. The van der Waals surface area contributed by atoms with Crippen molar-refractivity contribution in [1.82, 2.24) is 4.90 Å². The molecule has 1 unspecified atom stereocenters. The van der Waals surface area contributed by atoms with Crippen molar-refractivity contribution in [3.8, 4) is 0 Å². The third-order valence-corrected chi connectivity index (χ3v) is 7.58. The topological polar surface area (TPSA) is 130 Å². The van der Waals surface area contributed by atoms with Gasteiger partial charge in [0.05, 0.1) is 12.0 Å². The van der Waals surface area contributed by atoms with Gasteiger partial charge in [0.15, 0.2) is 5.78 Å². The van der Waals surface area contributed by atoms with E-state index in [0.717, 1.165) is 22.9 Å². The number of carboxylic acid groups (broad SMARTS) is 1. The molecule has 1 fully saturated rings. The van der Waals surface area contributed by atoms with Gasteiger partial charge in [-0.25, -0.2) is 0 Å². The van der Waals surface area contributed by atoms with Crippen molar-refractivity contribution in [2.75, 3.05) is 33.0 Å². The lowest BCUT2D eigenvalue weighted by molar-refractivity contribution is -0.152. The Morgan fingerprint density at radius 1 is 0.976 bits per heavy atom. The van der Waals surface area contributed by atoms with Gasteiger partial charge in [0, 0.05) is 27.8 Å². The smallest absolute Gasteiger partial charge is 0.316 e. The molecular weight excluding hydrogens is 588 g/mol. The Labute approximate surface area is 249 Å². The number of para-hydroxylation sites is 1. The van der Waals surface area contributed by atoms with Crippen LogP contribution >= 0.6 is 15.9 Å². The number of carbonyl (C=O) groups is 3. The van der Waals surface area contributed by atoms with Gasteiger partial charge < -0.3 is 25.6 Å². The summed E-state index contributed by atoms with van der Waals surface area (Å²) in [4.78, 5) is 37.6. The molecule has 0 spiro atoms. The van der Waals surface area contributed by atoms with Crippen LogP contribution in [0.25, 0.3) is 0 Å². The lowest BCUT2D eigenvalue weighted by Gasteiger charge is -2.31. The summed E-state index contributed by atoms with van der Waals surface area (Å²) in [6.07, 6.45) is 3.05. The highest BCUT2D eigenvalue weighted by Gasteiger charge is 2.45. The zero-order valence-corrected chi connectivity index (χ0v) is 25.0. The summed E-state index contributed by atoms with van der Waals surface area (Å²) in [6.45, 7) is 1.04. The maximum atomic E-state index is 12.5. The van der Waals surface area contributed by atoms with Gasteiger partial charge in [-0.3, -0.25) is 14.4 Å². The van der Waals surface area contributed by atoms with Crippen molar-refractivity contribution >= 4 is 39.3 Å². The van der Waals surface area contributed by atoms with Crippen LogP contribution < -0.4 is 5.73 Å². The molecule has 1 aliphatic rings. The van der Waals surface area contributed by atoms with Gasteiger partial charge in [0.25, 0.3) is 0 Å². The summed E-state index contributed by atoms with van der Waals surface area (Å²) in [5.74, 6) is -2.09. The van der Waals surface area contributed by atoms with Gasteiger partial charge in [-0.1, -0.05) is 71.2 Å². The third kappa shape index (κ3) is 8.98. The van der Waals surface area contributed by atoms with Gasteiger partial charge in [0.2, 0.25) is 0 Å². The summed E-state index contributed by atoms with van der Waals surface area (Å²) >= 11 is 3.30. The average molecular weight is 626 g/mol. The number of likely N-dealkylation sites (N-methyl/N-ethyl adjacent to an activating group) is 1. The van der Waals surface area contributed by atoms with Crippen molar-refractivity contribution in [1.29, 1.82) is 0 Å². The van der Waals surface area contributed by atoms with Crippen molar-refractivity contribution in [3.63, 3.8) is 0 Å². The quantitative estimate of drug-likeness (QED) is 0.162. The molecule has 4 N–H and O–H groups in total. The van der Waals surface area contributed by atoms with E-state index in [2.05, 4.69) is 15.9 Å². The number of aliphatic carboxylic acids is 1. The van der Waals surface area contributed by atoms with Crippen LogP contribution in [0, 0.1) is 0 Å². The Hall–Kier alpha value is -3.53. The van der Waals surface area contributed by atoms with E-state index in [-0.39, 0.29) is 23.9 Å². The highest BCUT2D eigenvalue weighted by atomic mass is 79.9. The molecule has 0 saturated heterocycles. The molecule has 1 atom stereocenters. The number of anilines is 1. The van der Waals surface area contributed by atoms with Gasteiger partial charge in [0.1, 0.15) is 12.5 Å². The fourth-order valence-corrected chi connectivity index (χ4v) is 5.15. The molecule has 0 heterocycles. The summed E-state index contributed by atoms with van der Waals surface area (Å²) in [7, 11) is 3.88. The summed E-state index contributed by atoms with van der Waals surface area (Å²) < 4.78 is 6.28. The molecule has 0 amide bonds. The average Bonchev–Trinajstić information content (AvgIpc) is 3.37. The molecule has 41 heavy (non-hydrogen) atoms. The van der Waals surface area contributed by atoms with Crippen LogP contribution in [-0.2, 0) is 20.7 Å². The predicted molar refractivity (Wildman–Crippen MR) is 162 cm³/mol. The van der Waals surface area contributed by atoms with Gasteiger partial charge >= 0.3 is 11.9 Å². The lowest BCUT2D eigenvalue weighted by Crippen LogP contribution is -2.39. The number of carbonyl (C=O) groups excluding carboxylic acids is 2. The number of hydrogen-bond donors (Lipinski definition) is 3.